The predicted octanol–water partition coefficient (Wildman–Crippen LogP) is 4.84. The predicted molar refractivity (Wildman–Crippen MR) is 107 cm³/mol. The number of rotatable bonds is 5. The molecule has 0 amide bonds. The zero-order chi connectivity index (χ0) is 21.3. The second kappa shape index (κ2) is 7.81. The van der Waals surface area contributed by atoms with E-state index in [1.54, 1.807) is 41.5 Å². The number of hydrogen-bond donors (Lipinski definition) is 2. The van der Waals surface area contributed by atoms with Crippen LogP contribution in [0.3, 0.4) is 0 Å². The third kappa shape index (κ3) is 4.14. The summed E-state index contributed by atoms with van der Waals surface area (Å²) < 4.78 is 28.5. The van der Waals surface area contributed by atoms with Crippen molar-refractivity contribution < 1.29 is 18.7 Å². The molecule has 1 fully saturated rings. The van der Waals surface area contributed by atoms with Gasteiger partial charge in [0, 0.05) is 30.8 Å². The van der Waals surface area contributed by atoms with Crippen LogP contribution in [0.5, 0.6) is 0 Å². The van der Waals surface area contributed by atoms with Crippen molar-refractivity contribution in [3.8, 4) is 11.3 Å². The maximum atomic E-state index is 13.4. The second-order valence-electron chi connectivity index (χ2n) is 7.50. The topological polar surface area (TPSA) is 92.9 Å². The molecule has 1 aliphatic rings. The number of aromatic nitrogens is 4. The number of nitrogens with zero attached hydrogens (tertiary/aromatic N) is 4. The first-order valence-electron chi connectivity index (χ1n) is 9.68. The number of anilines is 2. The van der Waals surface area contributed by atoms with Gasteiger partial charge in [-0.1, -0.05) is 18.2 Å². The van der Waals surface area contributed by atoms with E-state index in [4.69, 9.17) is 0 Å². The van der Waals surface area contributed by atoms with Gasteiger partial charge in [0.05, 0.1) is 29.2 Å². The van der Waals surface area contributed by atoms with Crippen LogP contribution in [0.4, 0.5) is 20.4 Å². The highest BCUT2D eigenvalue weighted by atomic mass is 19.3. The van der Waals surface area contributed by atoms with E-state index in [0.29, 0.717) is 35.7 Å². The van der Waals surface area contributed by atoms with Crippen molar-refractivity contribution in [2.24, 2.45) is 0 Å². The van der Waals surface area contributed by atoms with Crippen molar-refractivity contribution in [1.29, 1.82) is 0 Å². The molecule has 7 nitrogen and oxygen atoms in total. The van der Waals surface area contributed by atoms with E-state index in [1.807, 2.05) is 6.92 Å². The van der Waals surface area contributed by atoms with E-state index in [1.165, 1.54) is 6.07 Å². The van der Waals surface area contributed by atoms with Crippen LogP contribution in [0.1, 0.15) is 47.6 Å². The lowest BCUT2D eigenvalue weighted by Crippen LogP contribution is -2.26. The molecule has 4 rings (SSSR count). The Labute approximate surface area is 171 Å². The van der Waals surface area contributed by atoms with Gasteiger partial charge in [0.1, 0.15) is 0 Å². The van der Waals surface area contributed by atoms with Gasteiger partial charge in [-0.2, -0.15) is 5.10 Å². The van der Waals surface area contributed by atoms with Gasteiger partial charge in [0.2, 0.25) is 11.9 Å². The first kappa shape index (κ1) is 19.9. The molecule has 2 aromatic heterocycles. The first-order valence-corrected chi connectivity index (χ1v) is 9.68. The molecule has 0 bridgehead atoms. The second-order valence-corrected chi connectivity index (χ2v) is 7.50. The number of alkyl halides is 2. The number of aromatic carboxylic acids is 1. The Hall–Kier alpha value is -3.36. The molecule has 1 aromatic carbocycles. The lowest BCUT2D eigenvalue weighted by atomic mass is 9.92. The van der Waals surface area contributed by atoms with Crippen LogP contribution < -0.4 is 5.32 Å². The van der Waals surface area contributed by atoms with Gasteiger partial charge in [-0.25, -0.2) is 23.5 Å². The van der Waals surface area contributed by atoms with E-state index in [9.17, 15) is 18.7 Å². The molecule has 0 saturated heterocycles. The standard InChI is InChI=1S/C21H21F2N5O2/c1-13-10-24-20(27-18(13)16-4-2-3-5-17(16)19(29)30)26-14-11-25-28(12-14)15-6-8-21(22,23)9-7-15/h2-5,10-12,15H,6-9H2,1H3,(H,29,30)(H,24,26,27). The lowest BCUT2D eigenvalue weighted by molar-refractivity contribution is -0.0449. The summed E-state index contributed by atoms with van der Waals surface area (Å²) in [5.41, 5.74) is 2.56. The number of aryl methyl sites for hydroxylation is 1. The van der Waals surface area contributed by atoms with Gasteiger partial charge in [-0.15, -0.1) is 0 Å². The summed E-state index contributed by atoms with van der Waals surface area (Å²) in [6.45, 7) is 1.81. The Kier molecular flexibility index (Phi) is 5.19. The van der Waals surface area contributed by atoms with E-state index in [0.717, 1.165) is 5.56 Å². The molecule has 0 radical (unpaired) electrons. The highest BCUT2D eigenvalue weighted by Crippen LogP contribution is 2.38. The van der Waals surface area contributed by atoms with E-state index in [-0.39, 0.29) is 24.4 Å². The number of benzene rings is 1. The highest BCUT2D eigenvalue weighted by molar-refractivity contribution is 5.95. The normalized spacial score (nSPS) is 16.4. The van der Waals surface area contributed by atoms with Gasteiger partial charge in [-0.05, 0) is 31.4 Å². The zero-order valence-electron chi connectivity index (χ0n) is 16.3. The van der Waals surface area contributed by atoms with Crippen molar-refractivity contribution in [2.45, 2.75) is 44.6 Å². The smallest absolute Gasteiger partial charge is 0.336 e. The summed E-state index contributed by atoms with van der Waals surface area (Å²) >= 11 is 0. The lowest BCUT2D eigenvalue weighted by Gasteiger charge is -2.28. The van der Waals surface area contributed by atoms with Gasteiger partial charge in [0.15, 0.2) is 0 Å². The minimum atomic E-state index is -2.58. The largest absolute Gasteiger partial charge is 0.478 e. The molecule has 0 unspecified atom stereocenters. The molecule has 30 heavy (non-hydrogen) atoms. The minimum Gasteiger partial charge on any atom is -0.478 e. The molecule has 3 aromatic rings. The highest BCUT2D eigenvalue weighted by Gasteiger charge is 2.35. The Bertz CT molecular complexity index is 1070. The summed E-state index contributed by atoms with van der Waals surface area (Å²) in [5.74, 6) is -3.31. The van der Waals surface area contributed by atoms with Crippen molar-refractivity contribution in [3.05, 3.63) is 54.0 Å². The Morgan fingerprint density at radius 3 is 2.70 bits per heavy atom. The summed E-state index contributed by atoms with van der Waals surface area (Å²) in [4.78, 5) is 20.3. The maximum Gasteiger partial charge on any atom is 0.336 e. The van der Waals surface area contributed by atoms with Gasteiger partial charge in [-0.3, -0.25) is 4.68 Å². The number of carbonyl (C=O) groups is 1. The van der Waals surface area contributed by atoms with Gasteiger partial charge in [0.25, 0.3) is 0 Å². The molecule has 2 heterocycles. The summed E-state index contributed by atoms with van der Waals surface area (Å²) in [5, 5.41) is 16.8. The summed E-state index contributed by atoms with van der Waals surface area (Å²) in [6.07, 6.45) is 5.47. The number of nitrogens with one attached hydrogen (secondary N) is 1. The van der Waals surface area contributed by atoms with E-state index in [2.05, 4.69) is 20.4 Å². The maximum absolute atomic E-state index is 13.4. The molecule has 0 aliphatic heterocycles. The number of hydrogen-bond acceptors (Lipinski definition) is 5. The van der Waals surface area contributed by atoms with Gasteiger partial charge >= 0.3 is 5.97 Å². The average Bonchev–Trinajstić information content (AvgIpc) is 3.18. The molecular weight excluding hydrogens is 392 g/mol. The van der Waals surface area contributed by atoms with Crippen LogP contribution in [-0.2, 0) is 0 Å². The van der Waals surface area contributed by atoms with Crippen LogP contribution in [-0.4, -0.2) is 36.7 Å². The van der Waals surface area contributed by atoms with E-state index >= 15 is 0 Å². The van der Waals surface area contributed by atoms with Gasteiger partial charge < -0.3 is 10.4 Å². The fourth-order valence-corrected chi connectivity index (χ4v) is 3.67. The minimum absolute atomic E-state index is 0.0582. The quantitative estimate of drug-likeness (QED) is 0.622. The third-order valence-corrected chi connectivity index (χ3v) is 5.30. The summed E-state index contributed by atoms with van der Waals surface area (Å²) in [7, 11) is 0. The molecule has 9 heteroatoms. The number of halogens is 2. The SMILES string of the molecule is Cc1cnc(Nc2cnn(C3CCC(F)(F)CC3)c2)nc1-c1ccccc1C(=O)O. The zero-order valence-corrected chi connectivity index (χ0v) is 16.3. The fraction of sp³-hybridized carbons (Fsp3) is 0.333. The van der Waals surface area contributed by atoms with Crippen molar-refractivity contribution in [2.75, 3.05) is 5.32 Å². The molecule has 1 aliphatic carbocycles. The molecule has 0 spiro atoms. The Morgan fingerprint density at radius 1 is 1.23 bits per heavy atom. The summed E-state index contributed by atoms with van der Waals surface area (Å²) in [6, 6.07) is 6.60. The van der Waals surface area contributed by atoms with Crippen molar-refractivity contribution in [3.63, 3.8) is 0 Å². The molecular formula is C21H21F2N5O2. The van der Waals surface area contributed by atoms with Crippen LogP contribution in [0.15, 0.2) is 42.9 Å². The van der Waals surface area contributed by atoms with Crippen molar-refractivity contribution in [1.82, 2.24) is 19.7 Å². The first-order chi connectivity index (χ1) is 14.3. The average molecular weight is 413 g/mol. The fourth-order valence-electron chi connectivity index (χ4n) is 3.67. The van der Waals surface area contributed by atoms with Crippen LogP contribution in [0.25, 0.3) is 11.3 Å². The Balaban J connectivity index is 1.55. The van der Waals surface area contributed by atoms with Crippen LogP contribution in [0.2, 0.25) is 0 Å². The monoisotopic (exact) mass is 413 g/mol. The third-order valence-electron chi connectivity index (χ3n) is 5.30. The molecule has 2 N–H and O–H groups in total. The number of carboxylic acid groups (broad SMARTS) is 1. The molecule has 1 saturated carbocycles. The molecule has 156 valence electrons. The molecule has 0 atom stereocenters. The van der Waals surface area contributed by atoms with Crippen LogP contribution in [0, 0.1) is 6.92 Å². The van der Waals surface area contributed by atoms with E-state index < -0.39 is 11.9 Å². The van der Waals surface area contributed by atoms with Crippen LogP contribution >= 0.6 is 0 Å². The number of carboxylic acids is 1. The van der Waals surface area contributed by atoms with Crippen molar-refractivity contribution >= 4 is 17.6 Å². The Morgan fingerprint density at radius 2 is 1.97 bits per heavy atom.